The van der Waals surface area contributed by atoms with E-state index in [2.05, 4.69) is 4.98 Å². The molecule has 29 heavy (non-hydrogen) atoms. The number of pyridine rings is 2. The highest BCUT2D eigenvalue weighted by atomic mass is 16.5. The fraction of sp³-hybridized carbons (Fsp3) is 0.318. The Morgan fingerprint density at radius 3 is 2.79 bits per heavy atom. The first-order valence-corrected chi connectivity index (χ1v) is 9.66. The zero-order chi connectivity index (χ0) is 20.8. The normalized spacial score (nSPS) is 10.8. The molecule has 0 aliphatic heterocycles. The Bertz CT molecular complexity index is 1080. The fourth-order valence-corrected chi connectivity index (χ4v) is 3.25. The van der Waals surface area contributed by atoms with E-state index in [4.69, 9.17) is 15.2 Å². The molecular weight excluding hydrogens is 370 g/mol. The lowest BCUT2D eigenvalue weighted by Gasteiger charge is -2.15. The number of carbonyl (C=O) groups is 1. The summed E-state index contributed by atoms with van der Waals surface area (Å²) in [6.07, 6.45) is 3.07. The monoisotopic (exact) mass is 395 g/mol. The molecule has 0 unspecified atom stereocenters. The van der Waals surface area contributed by atoms with Gasteiger partial charge in [-0.25, -0.2) is 4.98 Å². The first-order valence-electron chi connectivity index (χ1n) is 9.66. The van der Waals surface area contributed by atoms with Gasteiger partial charge in [0.05, 0.1) is 13.2 Å². The third-order valence-corrected chi connectivity index (χ3v) is 4.49. The number of aryl methyl sites for hydroxylation is 1. The highest BCUT2D eigenvalue weighted by Gasteiger charge is 2.17. The number of aromatic nitrogens is 2. The van der Waals surface area contributed by atoms with E-state index in [1.807, 2.05) is 43.3 Å². The Balaban J connectivity index is 1.95. The Labute approximate surface area is 169 Å². The van der Waals surface area contributed by atoms with Gasteiger partial charge >= 0.3 is 5.97 Å². The first kappa shape index (κ1) is 20.4. The summed E-state index contributed by atoms with van der Waals surface area (Å²) in [6, 6.07) is 11.2. The van der Waals surface area contributed by atoms with Crippen LogP contribution in [0.2, 0.25) is 0 Å². The molecule has 0 aliphatic carbocycles. The molecule has 0 radical (unpaired) electrons. The summed E-state index contributed by atoms with van der Waals surface area (Å²) in [4.78, 5) is 28.1. The highest BCUT2D eigenvalue weighted by Crippen LogP contribution is 2.33. The average Bonchev–Trinajstić information content (AvgIpc) is 2.71. The summed E-state index contributed by atoms with van der Waals surface area (Å²) in [5.74, 6) is 0.347. The van der Waals surface area contributed by atoms with Crippen LogP contribution in [0, 0.1) is 0 Å². The van der Waals surface area contributed by atoms with Gasteiger partial charge in [0.1, 0.15) is 17.1 Å². The van der Waals surface area contributed by atoms with Gasteiger partial charge in [-0.3, -0.25) is 14.2 Å². The van der Waals surface area contributed by atoms with Gasteiger partial charge in [0, 0.05) is 37.0 Å². The number of ether oxygens (including phenoxy) is 2. The smallest absolute Gasteiger partial charge is 0.302 e. The molecule has 0 saturated carbocycles. The van der Waals surface area contributed by atoms with Crippen molar-refractivity contribution in [2.45, 2.75) is 33.2 Å². The topological polar surface area (TPSA) is 96.4 Å². The summed E-state index contributed by atoms with van der Waals surface area (Å²) in [5, 5.41) is 0.824. The molecule has 0 saturated heterocycles. The molecule has 3 aromatic rings. The predicted octanol–water partition coefficient (Wildman–Crippen LogP) is 3.39. The molecule has 0 amide bonds. The fourth-order valence-electron chi connectivity index (χ4n) is 3.25. The minimum absolute atomic E-state index is 0.200. The van der Waals surface area contributed by atoms with Crippen LogP contribution in [-0.4, -0.2) is 28.7 Å². The van der Waals surface area contributed by atoms with Gasteiger partial charge in [0.15, 0.2) is 0 Å². The molecule has 1 aromatic carbocycles. The Kier molecular flexibility index (Phi) is 6.49. The maximum absolute atomic E-state index is 12.9. The number of esters is 1. The lowest BCUT2D eigenvalue weighted by Crippen LogP contribution is -2.25. The number of fused-ring (bicyclic) bond motifs is 1. The molecule has 0 spiro atoms. The largest absolute Gasteiger partial charge is 0.493 e. The standard InChI is InChI=1S/C22H25N3O4/c1-3-11-25-21-18(9-5-10-24-21)19(20(23)22(25)27)16-7-4-8-17(14-16)29-13-6-12-28-15(2)26/h4-5,7-10,14H,3,6,11-13,23H2,1-2H3. The molecule has 7 heteroatoms. The van der Waals surface area contributed by atoms with Crippen molar-refractivity contribution in [3.05, 3.63) is 52.9 Å². The van der Waals surface area contributed by atoms with Crippen molar-refractivity contribution in [3.8, 4) is 16.9 Å². The lowest BCUT2D eigenvalue weighted by atomic mass is 10.0. The lowest BCUT2D eigenvalue weighted by molar-refractivity contribution is -0.141. The van der Waals surface area contributed by atoms with Gasteiger partial charge < -0.3 is 15.2 Å². The van der Waals surface area contributed by atoms with Crippen LogP contribution in [0.1, 0.15) is 26.7 Å². The molecule has 152 valence electrons. The number of benzene rings is 1. The maximum atomic E-state index is 12.9. The van der Waals surface area contributed by atoms with Crippen molar-refractivity contribution >= 4 is 22.7 Å². The summed E-state index contributed by atoms with van der Waals surface area (Å²) in [6.45, 7) is 4.67. The van der Waals surface area contributed by atoms with Crippen molar-refractivity contribution in [2.75, 3.05) is 18.9 Å². The second-order valence-electron chi connectivity index (χ2n) is 6.69. The third-order valence-electron chi connectivity index (χ3n) is 4.49. The van der Waals surface area contributed by atoms with Crippen LogP contribution < -0.4 is 16.0 Å². The van der Waals surface area contributed by atoms with Crippen molar-refractivity contribution in [1.29, 1.82) is 0 Å². The molecule has 0 fully saturated rings. The van der Waals surface area contributed by atoms with E-state index in [1.165, 1.54) is 6.92 Å². The van der Waals surface area contributed by atoms with Crippen LogP contribution in [-0.2, 0) is 16.1 Å². The van der Waals surface area contributed by atoms with Gasteiger partial charge in [-0.05, 0) is 36.2 Å². The number of nitrogens with zero attached hydrogens (tertiary/aromatic N) is 2. The van der Waals surface area contributed by atoms with Crippen LogP contribution >= 0.6 is 0 Å². The molecular formula is C22H25N3O4. The number of nitrogens with two attached hydrogens (primary N) is 1. The van der Waals surface area contributed by atoms with Gasteiger partial charge in [-0.2, -0.15) is 0 Å². The van der Waals surface area contributed by atoms with E-state index >= 15 is 0 Å². The van der Waals surface area contributed by atoms with E-state index < -0.39 is 0 Å². The number of anilines is 1. The first-order chi connectivity index (χ1) is 14.0. The number of nitrogen functional groups attached to an aromatic ring is 1. The van der Waals surface area contributed by atoms with E-state index in [9.17, 15) is 9.59 Å². The van der Waals surface area contributed by atoms with Crippen molar-refractivity contribution < 1.29 is 14.3 Å². The zero-order valence-corrected chi connectivity index (χ0v) is 16.7. The van der Waals surface area contributed by atoms with Gasteiger partial charge in [-0.15, -0.1) is 0 Å². The molecule has 0 atom stereocenters. The molecule has 2 aromatic heterocycles. The van der Waals surface area contributed by atoms with Crippen molar-refractivity contribution in [3.63, 3.8) is 0 Å². The van der Waals surface area contributed by atoms with Crippen LogP contribution in [0.5, 0.6) is 5.75 Å². The van der Waals surface area contributed by atoms with Gasteiger partial charge in [-0.1, -0.05) is 19.1 Å². The zero-order valence-electron chi connectivity index (χ0n) is 16.7. The number of hydrogen-bond donors (Lipinski definition) is 1. The Morgan fingerprint density at radius 1 is 1.21 bits per heavy atom. The molecule has 0 aliphatic rings. The summed E-state index contributed by atoms with van der Waals surface area (Å²) in [7, 11) is 0. The van der Waals surface area contributed by atoms with Crippen molar-refractivity contribution in [2.24, 2.45) is 0 Å². The Morgan fingerprint density at radius 2 is 2.03 bits per heavy atom. The number of hydrogen-bond acceptors (Lipinski definition) is 6. The molecule has 2 heterocycles. The van der Waals surface area contributed by atoms with Crippen LogP contribution in [0.3, 0.4) is 0 Å². The molecule has 2 N–H and O–H groups in total. The van der Waals surface area contributed by atoms with E-state index in [1.54, 1.807) is 10.8 Å². The summed E-state index contributed by atoms with van der Waals surface area (Å²) in [5.41, 5.74) is 8.32. The number of rotatable bonds is 8. The van der Waals surface area contributed by atoms with E-state index in [0.29, 0.717) is 43.1 Å². The quantitative estimate of drug-likeness (QED) is 0.464. The SMILES string of the molecule is CCCn1c(=O)c(N)c(-c2cccc(OCCCOC(C)=O)c2)c2cccnc21. The molecule has 3 rings (SSSR count). The predicted molar refractivity (Wildman–Crippen MR) is 113 cm³/mol. The van der Waals surface area contributed by atoms with E-state index in [0.717, 1.165) is 17.4 Å². The minimum atomic E-state index is -0.305. The second kappa shape index (κ2) is 9.23. The van der Waals surface area contributed by atoms with Crippen molar-refractivity contribution in [1.82, 2.24) is 9.55 Å². The Hall–Kier alpha value is -3.35. The highest BCUT2D eigenvalue weighted by molar-refractivity contribution is 5.99. The molecule has 7 nitrogen and oxygen atoms in total. The van der Waals surface area contributed by atoms with Crippen LogP contribution in [0.15, 0.2) is 47.4 Å². The second-order valence-corrected chi connectivity index (χ2v) is 6.69. The van der Waals surface area contributed by atoms with Crippen LogP contribution in [0.4, 0.5) is 5.69 Å². The summed E-state index contributed by atoms with van der Waals surface area (Å²) < 4.78 is 12.3. The summed E-state index contributed by atoms with van der Waals surface area (Å²) >= 11 is 0. The minimum Gasteiger partial charge on any atom is -0.493 e. The van der Waals surface area contributed by atoms with Gasteiger partial charge in [0.2, 0.25) is 0 Å². The van der Waals surface area contributed by atoms with E-state index in [-0.39, 0.29) is 17.2 Å². The average molecular weight is 395 g/mol. The van der Waals surface area contributed by atoms with Crippen LogP contribution in [0.25, 0.3) is 22.2 Å². The van der Waals surface area contributed by atoms with Gasteiger partial charge in [0.25, 0.3) is 5.56 Å². The maximum Gasteiger partial charge on any atom is 0.302 e. The number of carbonyl (C=O) groups excluding carboxylic acids is 1. The third kappa shape index (κ3) is 4.56. The molecule has 0 bridgehead atoms.